The molecular weight excluding hydrogens is 316 g/mol. The monoisotopic (exact) mass is 334 g/mol. The number of amides is 1. The molecule has 0 aromatic carbocycles. The lowest BCUT2D eigenvalue weighted by Gasteiger charge is -2.37. The normalized spacial score (nSPS) is 21.3. The molecular formula is C16H18N2O4S. The fraction of sp³-hybridized carbons (Fsp3) is 0.438. The first kappa shape index (κ1) is 15.7. The van der Waals surface area contributed by atoms with E-state index in [1.54, 1.807) is 24.3 Å². The number of nitrogens with zero attached hydrogens (tertiary/aromatic N) is 2. The molecule has 2 aromatic heterocycles. The summed E-state index contributed by atoms with van der Waals surface area (Å²) in [6.07, 6.45) is 4.72. The number of carboxylic acid groups (broad SMARTS) is 1. The van der Waals surface area contributed by atoms with Crippen molar-refractivity contribution in [2.24, 2.45) is 5.41 Å². The van der Waals surface area contributed by atoms with Gasteiger partial charge in [-0.15, -0.1) is 11.3 Å². The fourth-order valence-electron chi connectivity index (χ4n) is 2.80. The van der Waals surface area contributed by atoms with Crippen molar-refractivity contribution in [2.45, 2.75) is 26.2 Å². The van der Waals surface area contributed by atoms with Crippen LogP contribution in [0.5, 0.6) is 0 Å². The lowest BCUT2D eigenvalue weighted by molar-refractivity contribution is -0.153. The molecule has 122 valence electrons. The second-order valence-corrected chi connectivity index (χ2v) is 6.98. The molecule has 0 bridgehead atoms. The van der Waals surface area contributed by atoms with Crippen LogP contribution in [0.15, 0.2) is 28.4 Å². The summed E-state index contributed by atoms with van der Waals surface area (Å²) in [7, 11) is 0. The second-order valence-electron chi connectivity index (χ2n) is 6.12. The maximum absolute atomic E-state index is 12.5. The van der Waals surface area contributed by atoms with Crippen molar-refractivity contribution in [3.8, 4) is 10.6 Å². The number of aromatic nitrogens is 1. The van der Waals surface area contributed by atoms with Crippen molar-refractivity contribution >= 4 is 23.2 Å². The molecule has 1 amide bonds. The third-order valence-corrected chi connectivity index (χ3v) is 5.16. The number of rotatable bonds is 4. The lowest BCUT2D eigenvalue weighted by atomic mass is 9.82. The average molecular weight is 334 g/mol. The Bertz CT molecular complexity index is 709. The Labute approximate surface area is 137 Å². The van der Waals surface area contributed by atoms with Gasteiger partial charge in [0.15, 0.2) is 0 Å². The predicted molar refractivity (Wildman–Crippen MR) is 85.1 cm³/mol. The van der Waals surface area contributed by atoms with Crippen molar-refractivity contribution < 1.29 is 19.1 Å². The molecule has 1 unspecified atom stereocenters. The molecule has 1 aliphatic rings. The van der Waals surface area contributed by atoms with Crippen LogP contribution in [0.2, 0.25) is 0 Å². The standard InChI is InChI=1S/C16H18N2O4S/c1-16(15(20)21)4-2-5-18(10-16)13(19)7-12-9-23-14(17-12)11-3-6-22-8-11/h3,6,8-9H,2,4-5,7,10H2,1H3,(H,20,21). The van der Waals surface area contributed by atoms with Gasteiger partial charge in [0.25, 0.3) is 0 Å². The van der Waals surface area contributed by atoms with Gasteiger partial charge in [-0.3, -0.25) is 9.59 Å². The number of carbonyl (C=O) groups is 2. The molecule has 6 nitrogen and oxygen atoms in total. The van der Waals surface area contributed by atoms with Crippen LogP contribution in [0.4, 0.5) is 0 Å². The Morgan fingerprint density at radius 3 is 3.04 bits per heavy atom. The van der Waals surface area contributed by atoms with Crippen molar-refractivity contribution in [2.75, 3.05) is 13.1 Å². The van der Waals surface area contributed by atoms with Crippen LogP contribution in [0, 0.1) is 5.41 Å². The number of furan rings is 1. The van der Waals surface area contributed by atoms with Gasteiger partial charge in [0.2, 0.25) is 5.91 Å². The summed E-state index contributed by atoms with van der Waals surface area (Å²) in [6, 6.07) is 1.83. The number of thiazole rings is 1. The number of carboxylic acids is 1. The molecule has 0 saturated carbocycles. The first-order valence-corrected chi connectivity index (χ1v) is 8.34. The van der Waals surface area contributed by atoms with E-state index in [0.29, 0.717) is 25.1 Å². The van der Waals surface area contributed by atoms with Crippen molar-refractivity contribution in [3.05, 3.63) is 29.7 Å². The van der Waals surface area contributed by atoms with Gasteiger partial charge in [0, 0.05) is 24.0 Å². The van der Waals surface area contributed by atoms with Gasteiger partial charge in [0.05, 0.1) is 23.8 Å². The summed E-state index contributed by atoms with van der Waals surface area (Å²) < 4.78 is 5.04. The Kier molecular flexibility index (Phi) is 4.21. The molecule has 1 N–H and O–H groups in total. The molecule has 1 saturated heterocycles. The zero-order valence-electron chi connectivity index (χ0n) is 12.8. The van der Waals surface area contributed by atoms with Gasteiger partial charge in [-0.25, -0.2) is 4.98 Å². The van der Waals surface area contributed by atoms with Crippen LogP contribution in [0.1, 0.15) is 25.5 Å². The van der Waals surface area contributed by atoms with Gasteiger partial charge in [-0.2, -0.15) is 0 Å². The van der Waals surface area contributed by atoms with Gasteiger partial charge < -0.3 is 14.4 Å². The summed E-state index contributed by atoms with van der Waals surface area (Å²) >= 11 is 1.46. The molecule has 1 aliphatic heterocycles. The summed E-state index contributed by atoms with van der Waals surface area (Å²) in [4.78, 5) is 29.9. The van der Waals surface area contributed by atoms with Crippen LogP contribution in [0.25, 0.3) is 10.6 Å². The molecule has 0 radical (unpaired) electrons. The minimum absolute atomic E-state index is 0.0683. The quantitative estimate of drug-likeness (QED) is 0.929. The number of hydrogen-bond donors (Lipinski definition) is 1. The minimum Gasteiger partial charge on any atom is -0.481 e. The summed E-state index contributed by atoms with van der Waals surface area (Å²) in [5.41, 5.74) is 0.752. The van der Waals surface area contributed by atoms with E-state index >= 15 is 0 Å². The largest absolute Gasteiger partial charge is 0.481 e. The summed E-state index contributed by atoms with van der Waals surface area (Å²) in [5, 5.41) is 12.0. The first-order valence-electron chi connectivity index (χ1n) is 7.46. The summed E-state index contributed by atoms with van der Waals surface area (Å²) in [6.45, 7) is 2.58. The Hall–Kier alpha value is -2.15. The zero-order valence-corrected chi connectivity index (χ0v) is 13.6. The SMILES string of the molecule is CC1(C(=O)O)CCCN(C(=O)Cc2csc(-c3ccoc3)n2)C1. The lowest BCUT2D eigenvalue weighted by Crippen LogP contribution is -2.48. The molecule has 2 aromatic rings. The van der Waals surface area contributed by atoms with E-state index < -0.39 is 11.4 Å². The van der Waals surface area contributed by atoms with Crippen LogP contribution in [-0.2, 0) is 16.0 Å². The number of aliphatic carboxylic acids is 1. The van der Waals surface area contributed by atoms with Gasteiger partial charge >= 0.3 is 5.97 Å². The highest BCUT2D eigenvalue weighted by Gasteiger charge is 2.39. The van der Waals surface area contributed by atoms with Crippen molar-refractivity contribution in [3.63, 3.8) is 0 Å². The number of piperidine rings is 1. The highest BCUT2D eigenvalue weighted by molar-refractivity contribution is 7.13. The Morgan fingerprint density at radius 1 is 1.52 bits per heavy atom. The number of hydrogen-bond acceptors (Lipinski definition) is 5. The first-order chi connectivity index (χ1) is 11.0. The van der Waals surface area contributed by atoms with Gasteiger partial charge in [-0.1, -0.05) is 0 Å². The maximum atomic E-state index is 12.5. The van der Waals surface area contributed by atoms with Crippen molar-refractivity contribution in [1.82, 2.24) is 9.88 Å². The van der Waals surface area contributed by atoms with E-state index in [-0.39, 0.29) is 18.9 Å². The maximum Gasteiger partial charge on any atom is 0.311 e. The smallest absolute Gasteiger partial charge is 0.311 e. The van der Waals surface area contributed by atoms with E-state index in [4.69, 9.17) is 4.42 Å². The van der Waals surface area contributed by atoms with E-state index in [1.807, 2.05) is 11.4 Å². The Morgan fingerprint density at radius 2 is 2.35 bits per heavy atom. The average Bonchev–Trinajstić information content (AvgIpc) is 3.17. The van der Waals surface area contributed by atoms with Crippen LogP contribution < -0.4 is 0 Å². The molecule has 1 fully saturated rings. The topological polar surface area (TPSA) is 83.6 Å². The van der Waals surface area contributed by atoms with Crippen molar-refractivity contribution in [1.29, 1.82) is 0 Å². The molecule has 3 heterocycles. The van der Waals surface area contributed by atoms with E-state index in [0.717, 1.165) is 10.6 Å². The third kappa shape index (κ3) is 3.29. The van der Waals surface area contributed by atoms with Gasteiger partial charge in [-0.05, 0) is 25.8 Å². The van der Waals surface area contributed by atoms with E-state index in [1.165, 1.54) is 11.3 Å². The zero-order chi connectivity index (χ0) is 16.4. The summed E-state index contributed by atoms with van der Waals surface area (Å²) in [5.74, 6) is -0.910. The second kappa shape index (κ2) is 6.16. The highest BCUT2D eigenvalue weighted by atomic mass is 32.1. The molecule has 1 atom stereocenters. The van der Waals surface area contributed by atoms with Crippen LogP contribution >= 0.6 is 11.3 Å². The molecule has 23 heavy (non-hydrogen) atoms. The molecule has 0 aliphatic carbocycles. The molecule has 7 heteroatoms. The minimum atomic E-state index is -0.849. The Balaban J connectivity index is 1.66. The fourth-order valence-corrected chi connectivity index (χ4v) is 3.61. The highest BCUT2D eigenvalue weighted by Crippen LogP contribution is 2.30. The van der Waals surface area contributed by atoms with Crippen LogP contribution in [-0.4, -0.2) is 40.0 Å². The molecule has 0 spiro atoms. The van der Waals surface area contributed by atoms with Gasteiger partial charge in [0.1, 0.15) is 11.3 Å². The number of carbonyl (C=O) groups excluding carboxylic acids is 1. The van der Waals surface area contributed by atoms with E-state index in [2.05, 4.69) is 4.98 Å². The predicted octanol–water partition coefficient (Wildman–Crippen LogP) is 2.66. The van der Waals surface area contributed by atoms with E-state index in [9.17, 15) is 14.7 Å². The third-order valence-electron chi connectivity index (χ3n) is 4.22. The van der Waals surface area contributed by atoms with Crippen LogP contribution in [0.3, 0.4) is 0 Å². The number of likely N-dealkylation sites (tertiary alicyclic amines) is 1. The molecule has 3 rings (SSSR count).